The number of sulfone groups is 1. The van der Waals surface area contributed by atoms with Crippen molar-refractivity contribution in [3.05, 3.63) is 46.8 Å². The van der Waals surface area contributed by atoms with Crippen molar-refractivity contribution in [2.24, 2.45) is 0 Å². The highest BCUT2D eigenvalue weighted by Gasteiger charge is 2.34. The number of nitrogens with one attached hydrogen (secondary N) is 1. The largest absolute Gasteiger partial charge is 0.321 e. The molecule has 0 radical (unpaired) electrons. The van der Waals surface area contributed by atoms with Crippen LogP contribution in [-0.2, 0) is 22.7 Å². The Morgan fingerprint density at radius 3 is 2.50 bits per heavy atom. The van der Waals surface area contributed by atoms with Crippen LogP contribution in [0.4, 0.5) is 5.69 Å². The molecule has 148 valence electrons. The summed E-state index contributed by atoms with van der Waals surface area (Å²) in [7, 11) is -3.03. The summed E-state index contributed by atoms with van der Waals surface area (Å²) in [5, 5.41) is 7.42. The van der Waals surface area contributed by atoms with Crippen molar-refractivity contribution in [3.63, 3.8) is 0 Å². The van der Waals surface area contributed by atoms with E-state index in [2.05, 4.69) is 10.4 Å². The Hall–Kier alpha value is -2.48. The van der Waals surface area contributed by atoms with Crippen LogP contribution in [0.15, 0.2) is 24.3 Å². The number of nitrogens with zero attached hydrogens (tertiary/aromatic N) is 2. The maximum absolute atomic E-state index is 12.9. The summed E-state index contributed by atoms with van der Waals surface area (Å²) in [5.74, 6) is -0.0593. The molecule has 1 aliphatic carbocycles. The molecule has 4 rings (SSSR count). The van der Waals surface area contributed by atoms with Gasteiger partial charge in [-0.2, -0.15) is 5.10 Å². The Labute approximate surface area is 164 Å². The van der Waals surface area contributed by atoms with Gasteiger partial charge in [0.05, 0.1) is 17.5 Å². The molecule has 0 bridgehead atoms. The lowest BCUT2D eigenvalue weighted by molar-refractivity contribution is 0.101. The SMILES string of the molecule is CC(=O)c1ccc(NC(=O)c2nn(C3CCS(=O)(=O)C3)c3c2CCCC3)cc1. The normalized spacial score (nSPS) is 20.5. The van der Waals surface area contributed by atoms with E-state index in [4.69, 9.17) is 0 Å². The highest BCUT2D eigenvalue weighted by molar-refractivity contribution is 7.91. The summed E-state index contributed by atoms with van der Waals surface area (Å²) in [6.45, 7) is 1.50. The third kappa shape index (κ3) is 3.61. The second kappa shape index (κ2) is 7.16. The standard InChI is InChI=1S/C20H23N3O4S/c1-13(24)14-6-8-15(9-7-14)21-20(25)19-17-4-2-3-5-18(17)23(22-19)16-10-11-28(26,27)12-16/h6-9,16H,2-5,10-12H2,1H3,(H,21,25). The first-order chi connectivity index (χ1) is 13.3. The van der Waals surface area contributed by atoms with Crippen molar-refractivity contribution in [1.29, 1.82) is 0 Å². The number of fused-ring (bicyclic) bond motifs is 1. The zero-order valence-corrected chi connectivity index (χ0v) is 16.6. The molecule has 2 aliphatic rings. The van der Waals surface area contributed by atoms with Gasteiger partial charge in [0.2, 0.25) is 0 Å². The lowest BCUT2D eigenvalue weighted by Gasteiger charge is -2.17. The van der Waals surface area contributed by atoms with Crippen molar-refractivity contribution < 1.29 is 18.0 Å². The Morgan fingerprint density at radius 2 is 1.86 bits per heavy atom. The van der Waals surface area contributed by atoms with Gasteiger partial charge in [-0.1, -0.05) is 0 Å². The Bertz CT molecular complexity index is 1040. The van der Waals surface area contributed by atoms with Crippen LogP contribution >= 0.6 is 0 Å². The van der Waals surface area contributed by atoms with Gasteiger partial charge in [-0.3, -0.25) is 14.3 Å². The minimum absolute atomic E-state index is 0.0304. The maximum atomic E-state index is 12.9. The molecule has 1 unspecified atom stereocenters. The molecule has 1 N–H and O–H groups in total. The van der Waals surface area contributed by atoms with E-state index in [-0.39, 0.29) is 29.2 Å². The van der Waals surface area contributed by atoms with Gasteiger partial charge in [0, 0.05) is 22.5 Å². The summed E-state index contributed by atoms with van der Waals surface area (Å²) in [4.78, 5) is 24.3. The van der Waals surface area contributed by atoms with Crippen LogP contribution in [0.25, 0.3) is 0 Å². The summed E-state index contributed by atoms with van der Waals surface area (Å²) in [6.07, 6.45) is 4.16. The van der Waals surface area contributed by atoms with Crippen LogP contribution in [0.3, 0.4) is 0 Å². The van der Waals surface area contributed by atoms with Crippen molar-refractivity contribution in [2.75, 3.05) is 16.8 Å². The van der Waals surface area contributed by atoms with E-state index in [9.17, 15) is 18.0 Å². The number of benzene rings is 1. The third-order valence-electron chi connectivity index (χ3n) is 5.53. The molecule has 1 fully saturated rings. The zero-order chi connectivity index (χ0) is 19.9. The highest BCUT2D eigenvalue weighted by atomic mass is 32.2. The van der Waals surface area contributed by atoms with Gasteiger partial charge in [-0.25, -0.2) is 8.42 Å². The van der Waals surface area contributed by atoms with Crippen LogP contribution in [0.1, 0.15) is 64.3 Å². The first-order valence-electron chi connectivity index (χ1n) is 9.57. The molecule has 7 nitrogen and oxygen atoms in total. The monoisotopic (exact) mass is 401 g/mol. The third-order valence-corrected chi connectivity index (χ3v) is 7.28. The van der Waals surface area contributed by atoms with Crippen molar-refractivity contribution in [2.45, 2.75) is 45.1 Å². The van der Waals surface area contributed by atoms with Crippen molar-refractivity contribution in [3.8, 4) is 0 Å². The molecule has 0 saturated carbocycles. The van der Waals surface area contributed by atoms with E-state index >= 15 is 0 Å². The number of carbonyl (C=O) groups is 2. The van der Waals surface area contributed by atoms with Crippen LogP contribution < -0.4 is 5.32 Å². The van der Waals surface area contributed by atoms with E-state index < -0.39 is 9.84 Å². The number of carbonyl (C=O) groups excluding carboxylic acids is 2. The minimum Gasteiger partial charge on any atom is -0.321 e. The number of Topliss-reactive ketones (excluding diaryl/α,β-unsaturated/α-hetero) is 1. The number of aromatic nitrogens is 2. The van der Waals surface area contributed by atoms with E-state index in [1.807, 2.05) is 0 Å². The molecule has 28 heavy (non-hydrogen) atoms. The van der Waals surface area contributed by atoms with Crippen LogP contribution in [0, 0.1) is 0 Å². The predicted octanol–water partition coefficient (Wildman–Crippen LogP) is 2.58. The topological polar surface area (TPSA) is 98.1 Å². The maximum Gasteiger partial charge on any atom is 0.276 e. The smallest absolute Gasteiger partial charge is 0.276 e. The number of rotatable bonds is 4. The van der Waals surface area contributed by atoms with Gasteiger partial charge < -0.3 is 5.32 Å². The van der Waals surface area contributed by atoms with Gasteiger partial charge in [0.25, 0.3) is 5.91 Å². The first kappa shape index (κ1) is 18.9. The zero-order valence-electron chi connectivity index (χ0n) is 15.8. The van der Waals surface area contributed by atoms with E-state index in [0.29, 0.717) is 23.4 Å². The highest BCUT2D eigenvalue weighted by Crippen LogP contribution is 2.31. The molecular weight excluding hydrogens is 378 g/mol. The average Bonchev–Trinajstić information content (AvgIpc) is 3.22. The Morgan fingerprint density at radius 1 is 1.14 bits per heavy atom. The van der Waals surface area contributed by atoms with Crippen LogP contribution in [0.5, 0.6) is 0 Å². The van der Waals surface area contributed by atoms with E-state index in [1.54, 1.807) is 28.9 Å². The Kier molecular flexibility index (Phi) is 4.82. The molecule has 2 aromatic rings. The predicted molar refractivity (Wildman–Crippen MR) is 106 cm³/mol. The molecule has 1 amide bonds. The molecule has 1 saturated heterocycles. The van der Waals surface area contributed by atoms with Crippen molar-refractivity contribution in [1.82, 2.24) is 9.78 Å². The fourth-order valence-corrected chi connectivity index (χ4v) is 5.75. The number of amides is 1. The number of anilines is 1. The second-order valence-corrected chi connectivity index (χ2v) is 9.80. The quantitative estimate of drug-likeness (QED) is 0.794. The summed E-state index contributed by atoms with van der Waals surface area (Å²) in [5.41, 5.74) is 3.51. The lowest BCUT2D eigenvalue weighted by Crippen LogP contribution is -2.17. The first-order valence-corrected chi connectivity index (χ1v) is 11.4. The number of hydrogen-bond acceptors (Lipinski definition) is 5. The second-order valence-electron chi connectivity index (χ2n) is 7.57. The lowest BCUT2D eigenvalue weighted by atomic mass is 9.95. The van der Waals surface area contributed by atoms with Gasteiger partial charge >= 0.3 is 0 Å². The van der Waals surface area contributed by atoms with E-state index in [1.165, 1.54) is 6.92 Å². The van der Waals surface area contributed by atoms with Crippen molar-refractivity contribution >= 4 is 27.2 Å². The van der Waals surface area contributed by atoms with Crippen LogP contribution in [-0.4, -0.2) is 41.4 Å². The number of ketones is 1. The molecule has 0 spiro atoms. The Balaban J connectivity index is 1.62. The fraction of sp³-hybridized carbons (Fsp3) is 0.450. The van der Waals surface area contributed by atoms with E-state index in [0.717, 1.165) is 36.9 Å². The van der Waals surface area contributed by atoms with Gasteiger partial charge in [0.1, 0.15) is 0 Å². The van der Waals surface area contributed by atoms with Gasteiger partial charge in [0.15, 0.2) is 21.3 Å². The van der Waals surface area contributed by atoms with Gasteiger partial charge in [-0.05, 0) is 63.3 Å². The molecule has 1 atom stereocenters. The van der Waals surface area contributed by atoms with Crippen LogP contribution in [0.2, 0.25) is 0 Å². The summed E-state index contributed by atoms with van der Waals surface area (Å²) >= 11 is 0. The molecule has 1 aromatic heterocycles. The molecular formula is C20H23N3O4S. The molecule has 2 heterocycles. The summed E-state index contributed by atoms with van der Waals surface area (Å²) in [6, 6.07) is 6.56. The summed E-state index contributed by atoms with van der Waals surface area (Å²) < 4.78 is 25.6. The molecule has 1 aromatic carbocycles. The molecule has 1 aliphatic heterocycles. The number of hydrogen-bond donors (Lipinski definition) is 1. The minimum atomic E-state index is -3.03. The fourth-order valence-electron chi connectivity index (χ4n) is 4.06. The molecule has 8 heteroatoms. The average molecular weight is 401 g/mol. The van der Waals surface area contributed by atoms with Gasteiger partial charge in [-0.15, -0.1) is 0 Å².